The molecule has 0 aliphatic carbocycles. The standard InChI is InChI=1S/C11H14ClNS/c12-10-3-1-2-9(8-10)11-4-5-13-6-7-14-11/h1-3,8,11,13H,4-7H2. The first-order valence-electron chi connectivity index (χ1n) is 4.94. The van der Waals surface area contributed by atoms with Gasteiger partial charge in [-0.15, -0.1) is 0 Å². The van der Waals surface area contributed by atoms with Crippen molar-refractivity contribution in [3.63, 3.8) is 0 Å². The molecule has 0 bridgehead atoms. The topological polar surface area (TPSA) is 12.0 Å². The lowest BCUT2D eigenvalue weighted by atomic mass is 10.1. The van der Waals surface area contributed by atoms with Crippen molar-refractivity contribution in [1.82, 2.24) is 5.32 Å². The van der Waals surface area contributed by atoms with Crippen LogP contribution < -0.4 is 5.32 Å². The molecule has 3 heteroatoms. The number of thioether (sulfide) groups is 1. The van der Waals surface area contributed by atoms with Crippen LogP contribution in [0.3, 0.4) is 0 Å². The van der Waals surface area contributed by atoms with E-state index in [4.69, 9.17) is 11.6 Å². The van der Waals surface area contributed by atoms with Crippen LogP contribution in [-0.4, -0.2) is 18.8 Å². The van der Waals surface area contributed by atoms with E-state index in [1.54, 1.807) is 0 Å². The highest BCUT2D eigenvalue weighted by Gasteiger charge is 2.14. The van der Waals surface area contributed by atoms with Crippen LogP contribution in [-0.2, 0) is 0 Å². The molecule has 1 aromatic carbocycles. The van der Waals surface area contributed by atoms with Crippen LogP contribution in [0.15, 0.2) is 24.3 Å². The fraction of sp³-hybridized carbons (Fsp3) is 0.455. The van der Waals surface area contributed by atoms with Gasteiger partial charge in [-0.25, -0.2) is 0 Å². The van der Waals surface area contributed by atoms with E-state index in [0.29, 0.717) is 5.25 Å². The first-order valence-corrected chi connectivity index (χ1v) is 6.37. The van der Waals surface area contributed by atoms with Crippen LogP contribution in [0.1, 0.15) is 17.2 Å². The van der Waals surface area contributed by atoms with Crippen LogP contribution in [0, 0.1) is 0 Å². The average molecular weight is 228 g/mol. The van der Waals surface area contributed by atoms with Gasteiger partial charge < -0.3 is 5.32 Å². The summed E-state index contributed by atoms with van der Waals surface area (Å²) >= 11 is 8.00. The van der Waals surface area contributed by atoms with Crippen molar-refractivity contribution in [2.24, 2.45) is 0 Å². The van der Waals surface area contributed by atoms with Crippen LogP contribution in [0.2, 0.25) is 5.02 Å². The minimum atomic E-state index is 0.615. The largest absolute Gasteiger partial charge is 0.316 e. The van der Waals surface area contributed by atoms with Gasteiger partial charge in [0.15, 0.2) is 0 Å². The highest BCUT2D eigenvalue weighted by Crippen LogP contribution is 2.33. The first kappa shape index (κ1) is 10.3. The van der Waals surface area contributed by atoms with Gasteiger partial charge in [0, 0.05) is 22.6 Å². The summed E-state index contributed by atoms with van der Waals surface area (Å²) < 4.78 is 0. The van der Waals surface area contributed by atoms with E-state index in [-0.39, 0.29) is 0 Å². The normalized spacial score (nSPS) is 23.1. The number of hydrogen-bond acceptors (Lipinski definition) is 2. The van der Waals surface area contributed by atoms with Crippen LogP contribution in [0.5, 0.6) is 0 Å². The molecule has 1 nitrogen and oxygen atoms in total. The van der Waals surface area contributed by atoms with Gasteiger partial charge in [-0.05, 0) is 30.7 Å². The summed E-state index contributed by atoms with van der Waals surface area (Å²) in [5.41, 5.74) is 1.37. The smallest absolute Gasteiger partial charge is 0.0409 e. The molecule has 76 valence electrons. The molecule has 1 saturated heterocycles. The second kappa shape index (κ2) is 5.06. The zero-order chi connectivity index (χ0) is 9.80. The van der Waals surface area contributed by atoms with Gasteiger partial charge in [0.1, 0.15) is 0 Å². The summed E-state index contributed by atoms with van der Waals surface area (Å²) in [7, 11) is 0. The lowest BCUT2D eigenvalue weighted by molar-refractivity contribution is 0.687. The Morgan fingerprint density at radius 2 is 2.29 bits per heavy atom. The van der Waals surface area contributed by atoms with Gasteiger partial charge in [-0.2, -0.15) is 11.8 Å². The Morgan fingerprint density at radius 3 is 3.14 bits per heavy atom. The first-order chi connectivity index (χ1) is 6.86. The van der Waals surface area contributed by atoms with E-state index in [1.165, 1.54) is 17.7 Å². The summed E-state index contributed by atoms with van der Waals surface area (Å²) in [6.45, 7) is 2.24. The van der Waals surface area contributed by atoms with Gasteiger partial charge in [0.05, 0.1) is 0 Å². The molecule has 0 saturated carbocycles. The SMILES string of the molecule is Clc1cccc(C2CCNCCS2)c1. The van der Waals surface area contributed by atoms with E-state index < -0.39 is 0 Å². The summed E-state index contributed by atoms with van der Waals surface area (Å²) in [6, 6.07) is 8.24. The molecule has 1 unspecified atom stereocenters. The highest BCUT2D eigenvalue weighted by atomic mass is 35.5. The fourth-order valence-electron chi connectivity index (χ4n) is 1.68. The van der Waals surface area contributed by atoms with E-state index >= 15 is 0 Å². The molecule has 1 heterocycles. The lowest BCUT2D eigenvalue weighted by Gasteiger charge is -2.13. The van der Waals surface area contributed by atoms with Gasteiger partial charge >= 0.3 is 0 Å². The van der Waals surface area contributed by atoms with Crippen LogP contribution >= 0.6 is 23.4 Å². The van der Waals surface area contributed by atoms with Crippen molar-refractivity contribution in [3.8, 4) is 0 Å². The molecule has 1 fully saturated rings. The zero-order valence-corrected chi connectivity index (χ0v) is 9.57. The Morgan fingerprint density at radius 1 is 1.36 bits per heavy atom. The lowest BCUT2D eigenvalue weighted by Crippen LogP contribution is -2.15. The summed E-state index contributed by atoms with van der Waals surface area (Å²) in [4.78, 5) is 0. The number of rotatable bonds is 1. The highest BCUT2D eigenvalue weighted by molar-refractivity contribution is 7.99. The van der Waals surface area contributed by atoms with Crippen molar-refractivity contribution >= 4 is 23.4 Å². The number of nitrogens with one attached hydrogen (secondary N) is 1. The molecular weight excluding hydrogens is 214 g/mol. The third-order valence-electron chi connectivity index (χ3n) is 2.40. The van der Waals surface area contributed by atoms with E-state index in [9.17, 15) is 0 Å². The summed E-state index contributed by atoms with van der Waals surface area (Å²) in [5.74, 6) is 1.19. The van der Waals surface area contributed by atoms with Crippen LogP contribution in [0.25, 0.3) is 0 Å². The molecule has 0 spiro atoms. The van der Waals surface area contributed by atoms with Gasteiger partial charge in [0.2, 0.25) is 0 Å². The zero-order valence-electron chi connectivity index (χ0n) is 8.00. The van der Waals surface area contributed by atoms with Crippen LogP contribution in [0.4, 0.5) is 0 Å². The van der Waals surface area contributed by atoms with Crippen molar-refractivity contribution in [2.75, 3.05) is 18.8 Å². The summed E-state index contributed by atoms with van der Waals surface area (Å²) in [5, 5.41) is 4.87. The molecule has 2 rings (SSSR count). The molecule has 1 aromatic rings. The number of benzene rings is 1. The maximum atomic E-state index is 5.98. The third kappa shape index (κ3) is 2.66. The molecule has 0 radical (unpaired) electrons. The Labute approximate surface area is 94.2 Å². The molecule has 1 N–H and O–H groups in total. The van der Waals surface area contributed by atoms with E-state index in [2.05, 4.69) is 17.4 Å². The van der Waals surface area contributed by atoms with Crippen molar-refractivity contribution < 1.29 is 0 Å². The van der Waals surface area contributed by atoms with Gasteiger partial charge in [0.25, 0.3) is 0 Å². The van der Waals surface area contributed by atoms with Crippen molar-refractivity contribution in [1.29, 1.82) is 0 Å². The number of halogens is 1. The van der Waals surface area contributed by atoms with Gasteiger partial charge in [-0.3, -0.25) is 0 Å². The second-order valence-electron chi connectivity index (χ2n) is 3.45. The average Bonchev–Trinajstić information content (AvgIpc) is 2.45. The molecular formula is C11H14ClNS. The Hall–Kier alpha value is -0.180. The van der Waals surface area contributed by atoms with Gasteiger partial charge in [-0.1, -0.05) is 23.7 Å². The number of hydrogen-bond donors (Lipinski definition) is 1. The van der Waals surface area contributed by atoms with E-state index in [1.807, 2.05) is 23.9 Å². The summed E-state index contributed by atoms with van der Waals surface area (Å²) in [6.07, 6.45) is 1.20. The van der Waals surface area contributed by atoms with Crippen molar-refractivity contribution in [2.45, 2.75) is 11.7 Å². The molecule has 1 atom stereocenters. The minimum Gasteiger partial charge on any atom is -0.316 e. The molecule has 14 heavy (non-hydrogen) atoms. The van der Waals surface area contributed by atoms with Crippen molar-refractivity contribution in [3.05, 3.63) is 34.9 Å². The molecule has 1 aliphatic rings. The third-order valence-corrected chi connectivity index (χ3v) is 3.99. The predicted octanol–water partition coefficient (Wildman–Crippen LogP) is 3.11. The fourth-order valence-corrected chi connectivity index (χ4v) is 3.05. The minimum absolute atomic E-state index is 0.615. The quantitative estimate of drug-likeness (QED) is 0.792. The molecule has 0 amide bonds. The second-order valence-corrected chi connectivity index (χ2v) is 5.20. The predicted molar refractivity (Wildman–Crippen MR) is 64.1 cm³/mol. The molecule has 0 aromatic heterocycles. The Kier molecular flexibility index (Phi) is 3.74. The Bertz CT molecular complexity index is 295. The van der Waals surface area contributed by atoms with E-state index in [0.717, 1.165) is 18.1 Å². The maximum absolute atomic E-state index is 5.98. The monoisotopic (exact) mass is 227 g/mol. The molecule has 1 aliphatic heterocycles. The Balaban J connectivity index is 2.12. The maximum Gasteiger partial charge on any atom is 0.0409 e.